The number of halogens is 2. The number of nitrogens with one attached hydrogen (secondary N) is 1. The Morgan fingerprint density at radius 2 is 2.11 bits per heavy atom. The van der Waals surface area contributed by atoms with Gasteiger partial charge in [-0.3, -0.25) is 0 Å². The molecular weight excluding hydrogens is 307 g/mol. The van der Waals surface area contributed by atoms with E-state index in [1.807, 2.05) is 31.2 Å². The third-order valence-electron chi connectivity index (χ3n) is 3.06. The van der Waals surface area contributed by atoms with Crippen molar-refractivity contribution in [2.75, 3.05) is 0 Å². The fourth-order valence-electron chi connectivity index (χ4n) is 1.80. The van der Waals surface area contributed by atoms with Gasteiger partial charge < -0.3 is 5.32 Å². The van der Waals surface area contributed by atoms with Crippen LogP contribution >= 0.6 is 15.9 Å². The van der Waals surface area contributed by atoms with E-state index in [4.69, 9.17) is 0 Å². The van der Waals surface area contributed by atoms with Crippen molar-refractivity contribution >= 4 is 15.9 Å². The Bertz CT molecular complexity index is 572. The smallest absolute Gasteiger partial charge is 0.126 e. The van der Waals surface area contributed by atoms with Crippen molar-refractivity contribution in [3.63, 3.8) is 0 Å². The Kier molecular flexibility index (Phi) is 4.66. The highest BCUT2D eigenvalue weighted by atomic mass is 79.9. The standard InChI is InChI=1S/C15H16BrFN2/c1-10-6-7-12(8-14(10)17)11(2)18-9-13-4-3-5-15(16)19-13/h3-8,11,18H,9H2,1-2H3. The molecule has 0 radical (unpaired) electrons. The van der Waals surface area contributed by atoms with E-state index in [0.717, 1.165) is 15.9 Å². The van der Waals surface area contributed by atoms with Crippen molar-refractivity contribution in [1.29, 1.82) is 0 Å². The van der Waals surface area contributed by atoms with E-state index in [1.165, 1.54) is 0 Å². The zero-order valence-electron chi connectivity index (χ0n) is 11.0. The first kappa shape index (κ1) is 14.2. The molecule has 0 saturated heterocycles. The van der Waals surface area contributed by atoms with Crippen molar-refractivity contribution < 1.29 is 4.39 Å². The van der Waals surface area contributed by atoms with E-state index in [-0.39, 0.29) is 11.9 Å². The lowest BCUT2D eigenvalue weighted by Gasteiger charge is -2.14. The van der Waals surface area contributed by atoms with E-state index in [0.29, 0.717) is 12.1 Å². The molecule has 0 amide bonds. The number of aromatic nitrogens is 1. The predicted octanol–water partition coefficient (Wildman–Crippen LogP) is 4.14. The second-order valence-corrected chi connectivity index (χ2v) is 5.38. The molecule has 0 saturated carbocycles. The maximum Gasteiger partial charge on any atom is 0.126 e. The number of rotatable bonds is 4. The van der Waals surface area contributed by atoms with E-state index >= 15 is 0 Å². The van der Waals surface area contributed by atoms with E-state index in [2.05, 4.69) is 26.2 Å². The molecular formula is C15H16BrFN2. The molecule has 2 rings (SSSR count). The highest BCUT2D eigenvalue weighted by Gasteiger charge is 2.07. The van der Waals surface area contributed by atoms with Crippen LogP contribution in [0.5, 0.6) is 0 Å². The molecule has 0 aliphatic heterocycles. The van der Waals surface area contributed by atoms with E-state index in [1.54, 1.807) is 19.1 Å². The zero-order chi connectivity index (χ0) is 13.8. The maximum atomic E-state index is 13.5. The molecule has 1 N–H and O–H groups in total. The topological polar surface area (TPSA) is 24.9 Å². The molecule has 2 nitrogen and oxygen atoms in total. The van der Waals surface area contributed by atoms with Crippen LogP contribution in [0.4, 0.5) is 4.39 Å². The molecule has 1 aromatic heterocycles. The second-order valence-electron chi connectivity index (χ2n) is 4.56. The summed E-state index contributed by atoms with van der Waals surface area (Å²) in [6.07, 6.45) is 0. The van der Waals surface area contributed by atoms with E-state index < -0.39 is 0 Å². The molecule has 19 heavy (non-hydrogen) atoms. The van der Waals surface area contributed by atoms with Gasteiger partial charge in [0, 0.05) is 12.6 Å². The summed E-state index contributed by atoms with van der Waals surface area (Å²) < 4.78 is 14.3. The molecule has 0 fully saturated rings. The Labute approximate surface area is 121 Å². The van der Waals surface area contributed by atoms with Crippen LogP contribution < -0.4 is 5.32 Å². The minimum atomic E-state index is -0.160. The SMILES string of the molecule is Cc1ccc(C(C)NCc2cccc(Br)n2)cc1F. The number of aryl methyl sites for hydroxylation is 1. The highest BCUT2D eigenvalue weighted by Crippen LogP contribution is 2.17. The first-order valence-electron chi connectivity index (χ1n) is 6.17. The average Bonchev–Trinajstić information content (AvgIpc) is 2.39. The van der Waals surface area contributed by atoms with Crippen molar-refractivity contribution in [3.05, 3.63) is 63.6 Å². The molecule has 2 aromatic rings. The number of pyridine rings is 1. The fourth-order valence-corrected chi connectivity index (χ4v) is 2.18. The van der Waals surface area contributed by atoms with Crippen molar-refractivity contribution in [1.82, 2.24) is 10.3 Å². The van der Waals surface area contributed by atoms with Gasteiger partial charge in [-0.15, -0.1) is 0 Å². The van der Waals surface area contributed by atoms with Crippen LogP contribution in [-0.2, 0) is 6.54 Å². The summed E-state index contributed by atoms with van der Waals surface area (Å²) in [5.74, 6) is -0.160. The highest BCUT2D eigenvalue weighted by molar-refractivity contribution is 9.10. The van der Waals surface area contributed by atoms with Gasteiger partial charge in [-0.05, 0) is 59.1 Å². The largest absolute Gasteiger partial charge is 0.305 e. The molecule has 1 heterocycles. The van der Waals surface area contributed by atoms with Crippen LogP contribution in [0.1, 0.15) is 29.8 Å². The minimum Gasteiger partial charge on any atom is -0.305 e. The fraction of sp³-hybridized carbons (Fsp3) is 0.267. The summed E-state index contributed by atoms with van der Waals surface area (Å²) in [5, 5.41) is 3.34. The molecule has 0 bridgehead atoms. The third kappa shape index (κ3) is 3.85. The van der Waals surface area contributed by atoms with Gasteiger partial charge in [0.05, 0.1) is 5.69 Å². The quantitative estimate of drug-likeness (QED) is 0.855. The van der Waals surface area contributed by atoms with Crippen LogP contribution in [0.25, 0.3) is 0 Å². The number of benzene rings is 1. The Morgan fingerprint density at radius 1 is 1.32 bits per heavy atom. The van der Waals surface area contributed by atoms with E-state index in [9.17, 15) is 4.39 Å². The summed E-state index contributed by atoms with van der Waals surface area (Å²) >= 11 is 3.34. The summed E-state index contributed by atoms with van der Waals surface area (Å²) in [4.78, 5) is 4.35. The number of hydrogen-bond acceptors (Lipinski definition) is 2. The summed E-state index contributed by atoms with van der Waals surface area (Å²) in [6, 6.07) is 11.2. The van der Waals surface area contributed by atoms with Gasteiger partial charge in [-0.25, -0.2) is 9.37 Å². The van der Waals surface area contributed by atoms with Gasteiger partial charge >= 0.3 is 0 Å². The second kappa shape index (κ2) is 6.26. The average molecular weight is 323 g/mol. The third-order valence-corrected chi connectivity index (χ3v) is 3.50. The van der Waals surface area contributed by atoms with Crippen LogP contribution in [0.3, 0.4) is 0 Å². The first-order chi connectivity index (χ1) is 9.06. The van der Waals surface area contributed by atoms with Crippen LogP contribution in [0.2, 0.25) is 0 Å². The monoisotopic (exact) mass is 322 g/mol. The van der Waals surface area contributed by atoms with Crippen LogP contribution in [0.15, 0.2) is 41.0 Å². The zero-order valence-corrected chi connectivity index (χ0v) is 12.5. The molecule has 0 aliphatic rings. The molecule has 100 valence electrons. The lowest BCUT2D eigenvalue weighted by Crippen LogP contribution is -2.19. The first-order valence-corrected chi connectivity index (χ1v) is 6.96. The Hall–Kier alpha value is -1.26. The van der Waals surface area contributed by atoms with Gasteiger partial charge in [0.25, 0.3) is 0 Å². The molecule has 1 aromatic carbocycles. The van der Waals surface area contributed by atoms with Gasteiger partial charge in [0.2, 0.25) is 0 Å². The van der Waals surface area contributed by atoms with Gasteiger partial charge in [-0.1, -0.05) is 18.2 Å². The molecule has 1 unspecified atom stereocenters. The van der Waals surface area contributed by atoms with Crippen molar-refractivity contribution in [3.8, 4) is 0 Å². The summed E-state index contributed by atoms with van der Waals surface area (Å²) in [6.45, 7) is 4.43. The number of hydrogen-bond donors (Lipinski definition) is 1. The lowest BCUT2D eigenvalue weighted by molar-refractivity contribution is 0.557. The molecule has 0 spiro atoms. The Morgan fingerprint density at radius 3 is 2.79 bits per heavy atom. The summed E-state index contributed by atoms with van der Waals surface area (Å²) in [5.41, 5.74) is 2.57. The number of nitrogens with zero attached hydrogens (tertiary/aromatic N) is 1. The minimum absolute atomic E-state index is 0.0795. The maximum absolute atomic E-state index is 13.5. The van der Waals surface area contributed by atoms with Crippen LogP contribution in [-0.4, -0.2) is 4.98 Å². The molecule has 1 atom stereocenters. The normalized spacial score (nSPS) is 12.4. The lowest BCUT2D eigenvalue weighted by atomic mass is 10.1. The molecule has 0 aliphatic carbocycles. The van der Waals surface area contributed by atoms with Gasteiger partial charge in [-0.2, -0.15) is 0 Å². The Balaban J connectivity index is 2.01. The van der Waals surface area contributed by atoms with Crippen molar-refractivity contribution in [2.45, 2.75) is 26.4 Å². The summed E-state index contributed by atoms with van der Waals surface area (Å²) in [7, 11) is 0. The predicted molar refractivity (Wildman–Crippen MR) is 78.3 cm³/mol. The van der Waals surface area contributed by atoms with Crippen molar-refractivity contribution in [2.24, 2.45) is 0 Å². The van der Waals surface area contributed by atoms with Gasteiger partial charge in [0.1, 0.15) is 10.4 Å². The van der Waals surface area contributed by atoms with Crippen LogP contribution in [0, 0.1) is 12.7 Å². The molecule has 4 heteroatoms. The van der Waals surface area contributed by atoms with Gasteiger partial charge in [0.15, 0.2) is 0 Å².